The zero-order valence-electron chi connectivity index (χ0n) is 12.3. The van der Waals surface area contributed by atoms with E-state index in [-0.39, 0.29) is 18.9 Å². The van der Waals surface area contributed by atoms with Crippen molar-refractivity contribution in [1.29, 1.82) is 0 Å². The third kappa shape index (κ3) is 4.40. The molecule has 0 radical (unpaired) electrons. The Kier molecular flexibility index (Phi) is 5.45. The molecule has 0 aliphatic carbocycles. The van der Waals surface area contributed by atoms with Gasteiger partial charge in [-0.3, -0.25) is 5.32 Å². The largest absolute Gasteiger partial charge is 0.497 e. The van der Waals surface area contributed by atoms with Crippen LogP contribution < -0.4 is 10.1 Å². The molecule has 1 aromatic carbocycles. The Morgan fingerprint density at radius 2 is 1.70 bits per heavy atom. The minimum Gasteiger partial charge on any atom is -0.497 e. The third-order valence-electron chi connectivity index (χ3n) is 3.28. The van der Waals surface area contributed by atoms with Gasteiger partial charge in [0.1, 0.15) is 11.3 Å². The summed E-state index contributed by atoms with van der Waals surface area (Å²) >= 11 is 0. The Morgan fingerprint density at radius 1 is 1.15 bits per heavy atom. The first kappa shape index (κ1) is 16.8. The Morgan fingerprint density at radius 3 is 2.10 bits per heavy atom. The topological polar surface area (TPSA) is 21.3 Å². The van der Waals surface area contributed by atoms with E-state index in [4.69, 9.17) is 4.74 Å². The van der Waals surface area contributed by atoms with E-state index >= 15 is 0 Å². The average molecular weight is 289 g/mol. The Labute approximate surface area is 118 Å². The van der Waals surface area contributed by atoms with Crippen molar-refractivity contribution in [1.82, 2.24) is 5.32 Å². The number of hydrogen-bond donors (Lipinski definition) is 1. The lowest BCUT2D eigenvalue weighted by atomic mass is 9.89. The highest BCUT2D eigenvalue weighted by molar-refractivity contribution is 5.27. The van der Waals surface area contributed by atoms with Crippen molar-refractivity contribution in [3.05, 3.63) is 29.8 Å². The van der Waals surface area contributed by atoms with Crippen LogP contribution in [0.3, 0.4) is 0 Å². The van der Waals surface area contributed by atoms with E-state index in [0.717, 1.165) is 5.56 Å². The molecule has 0 saturated carbocycles. The predicted octanol–water partition coefficient (Wildman–Crippen LogP) is 4.15. The van der Waals surface area contributed by atoms with Gasteiger partial charge in [0.15, 0.2) is 0 Å². The highest BCUT2D eigenvalue weighted by Crippen LogP contribution is 2.35. The Hall–Kier alpha value is -1.23. The van der Waals surface area contributed by atoms with Gasteiger partial charge in [0, 0.05) is 6.54 Å². The molecular formula is C15H22F3NO. The molecule has 20 heavy (non-hydrogen) atoms. The van der Waals surface area contributed by atoms with Gasteiger partial charge in [-0.15, -0.1) is 0 Å². The quantitative estimate of drug-likeness (QED) is 0.849. The summed E-state index contributed by atoms with van der Waals surface area (Å²) < 4.78 is 44.6. The maximum Gasteiger partial charge on any atom is 0.406 e. The van der Waals surface area contributed by atoms with Crippen molar-refractivity contribution in [3.8, 4) is 5.75 Å². The molecule has 2 nitrogen and oxygen atoms in total. The Balaban J connectivity index is 2.75. The fourth-order valence-corrected chi connectivity index (χ4v) is 2.15. The SMILES string of the molecule is COc1ccc(CNC(C)(CC(C)C)C(F)(F)F)cc1. The van der Waals surface area contributed by atoms with E-state index in [1.807, 2.05) is 0 Å². The summed E-state index contributed by atoms with van der Waals surface area (Å²) in [4.78, 5) is 0. The number of nitrogens with one attached hydrogen (secondary N) is 1. The van der Waals surface area contributed by atoms with Crippen molar-refractivity contribution in [2.24, 2.45) is 5.92 Å². The van der Waals surface area contributed by atoms with Crippen molar-refractivity contribution < 1.29 is 17.9 Å². The van der Waals surface area contributed by atoms with E-state index in [0.29, 0.717) is 5.75 Å². The minimum absolute atomic E-state index is 0.0370. The molecule has 0 amide bonds. The smallest absolute Gasteiger partial charge is 0.406 e. The minimum atomic E-state index is -4.27. The highest BCUT2D eigenvalue weighted by atomic mass is 19.4. The lowest BCUT2D eigenvalue weighted by molar-refractivity contribution is -0.196. The van der Waals surface area contributed by atoms with Crippen molar-refractivity contribution in [3.63, 3.8) is 0 Å². The molecule has 0 fully saturated rings. The lowest BCUT2D eigenvalue weighted by Gasteiger charge is -2.34. The molecule has 1 N–H and O–H groups in total. The molecule has 0 heterocycles. The van der Waals surface area contributed by atoms with E-state index in [9.17, 15) is 13.2 Å². The fraction of sp³-hybridized carbons (Fsp3) is 0.600. The molecule has 1 rings (SSSR count). The monoisotopic (exact) mass is 289 g/mol. The maximum atomic E-state index is 13.2. The van der Waals surface area contributed by atoms with Gasteiger partial charge in [-0.05, 0) is 37.0 Å². The first-order chi connectivity index (χ1) is 9.18. The van der Waals surface area contributed by atoms with Crippen LogP contribution in [0.5, 0.6) is 5.75 Å². The highest BCUT2D eigenvalue weighted by Gasteiger charge is 2.50. The lowest BCUT2D eigenvalue weighted by Crippen LogP contribution is -2.54. The van der Waals surface area contributed by atoms with Gasteiger partial charge >= 0.3 is 6.18 Å². The molecule has 0 aliphatic rings. The zero-order chi connectivity index (χ0) is 15.4. The molecule has 0 aromatic heterocycles. The van der Waals surface area contributed by atoms with E-state index < -0.39 is 11.7 Å². The predicted molar refractivity (Wildman–Crippen MR) is 73.7 cm³/mol. The summed E-state index contributed by atoms with van der Waals surface area (Å²) in [6.07, 6.45) is -4.23. The van der Waals surface area contributed by atoms with Crippen LogP contribution in [0.2, 0.25) is 0 Å². The number of rotatable bonds is 6. The number of alkyl halides is 3. The summed E-state index contributed by atoms with van der Waals surface area (Å²) in [7, 11) is 1.55. The van der Waals surface area contributed by atoms with Crippen molar-refractivity contribution in [2.75, 3.05) is 7.11 Å². The summed E-state index contributed by atoms with van der Waals surface area (Å²) in [5.41, 5.74) is -1.08. The summed E-state index contributed by atoms with van der Waals surface area (Å²) in [5, 5.41) is 2.66. The van der Waals surface area contributed by atoms with Crippen LogP contribution in [0.15, 0.2) is 24.3 Å². The third-order valence-corrected chi connectivity index (χ3v) is 3.28. The first-order valence-corrected chi connectivity index (χ1v) is 6.62. The number of hydrogen-bond acceptors (Lipinski definition) is 2. The number of benzene rings is 1. The maximum absolute atomic E-state index is 13.2. The van der Waals surface area contributed by atoms with Gasteiger partial charge in [0.05, 0.1) is 7.11 Å². The van der Waals surface area contributed by atoms with Crippen LogP contribution in [0, 0.1) is 5.92 Å². The van der Waals surface area contributed by atoms with Crippen LogP contribution in [0.4, 0.5) is 13.2 Å². The van der Waals surface area contributed by atoms with Gasteiger partial charge in [-0.1, -0.05) is 26.0 Å². The molecule has 0 aliphatic heterocycles. The second-order valence-electron chi connectivity index (χ2n) is 5.63. The van der Waals surface area contributed by atoms with Crippen LogP contribution in [0.25, 0.3) is 0 Å². The van der Waals surface area contributed by atoms with Crippen LogP contribution in [-0.4, -0.2) is 18.8 Å². The van der Waals surface area contributed by atoms with Crippen molar-refractivity contribution >= 4 is 0 Å². The van der Waals surface area contributed by atoms with Crippen LogP contribution in [0.1, 0.15) is 32.8 Å². The molecule has 1 aromatic rings. The molecule has 5 heteroatoms. The molecule has 0 bridgehead atoms. The van der Waals surface area contributed by atoms with E-state index in [2.05, 4.69) is 5.32 Å². The van der Waals surface area contributed by atoms with Crippen molar-refractivity contribution in [2.45, 2.75) is 45.5 Å². The second kappa shape index (κ2) is 6.48. The van der Waals surface area contributed by atoms with Gasteiger partial charge in [0.2, 0.25) is 0 Å². The summed E-state index contributed by atoms with van der Waals surface area (Å²) in [5.74, 6) is 0.652. The molecular weight excluding hydrogens is 267 g/mol. The second-order valence-corrected chi connectivity index (χ2v) is 5.63. The van der Waals surface area contributed by atoms with Gasteiger partial charge < -0.3 is 4.74 Å². The normalized spacial score (nSPS) is 15.2. The zero-order valence-corrected chi connectivity index (χ0v) is 12.3. The summed E-state index contributed by atoms with van der Waals surface area (Å²) in [6, 6.07) is 7.00. The first-order valence-electron chi connectivity index (χ1n) is 6.62. The number of ether oxygens (including phenoxy) is 1. The summed E-state index contributed by atoms with van der Waals surface area (Å²) in [6.45, 7) is 4.97. The molecule has 1 atom stereocenters. The standard InChI is InChI=1S/C15H22F3NO/c1-11(2)9-14(3,15(16,17)18)19-10-12-5-7-13(20-4)8-6-12/h5-8,11,19H,9-10H2,1-4H3. The fourth-order valence-electron chi connectivity index (χ4n) is 2.15. The molecule has 114 valence electrons. The van der Waals surface area contributed by atoms with Crippen LogP contribution >= 0.6 is 0 Å². The van der Waals surface area contributed by atoms with Crippen LogP contribution in [-0.2, 0) is 6.54 Å². The van der Waals surface area contributed by atoms with E-state index in [1.54, 1.807) is 45.2 Å². The average Bonchev–Trinajstić information content (AvgIpc) is 2.35. The van der Waals surface area contributed by atoms with Gasteiger partial charge in [-0.25, -0.2) is 0 Å². The van der Waals surface area contributed by atoms with Gasteiger partial charge in [0.25, 0.3) is 0 Å². The van der Waals surface area contributed by atoms with Gasteiger partial charge in [-0.2, -0.15) is 13.2 Å². The number of methoxy groups -OCH3 is 1. The molecule has 1 unspecified atom stereocenters. The number of halogens is 3. The molecule has 0 spiro atoms. The molecule has 0 saturated heterocycles. The Bertz CT molecular complexity index is 414. The van der Waals surface area contributed by atoms with E-state index in [1.165, 1.54) is 6.92 Å².